The zero-order chi connectivity index (χ0) is 10.8. The normalized spacial score (nSPS) is 15.9. The Hall–Kier alpha value is -0.960. The molecule has 2 rings (SSSR count). The Kier molecular flexibility index (Phi) is 3.00. The van der Waals surface area contributed by atoms with Crippen molar-refractivity contribution >= 4 is 23.2 Å². The maximum Gasteiger partial charge on any atom is 0.161 e. The molecule has 0 atom stereocenters. The number of thioether (sulfide) groups is 1. The lowest BCUT2D eigenvalue weighted by Crippen LogP contribution is -2.42. The van der Waals surface area contributed by atoms with E-state index in [9.17, 15) is 4.79 Å². The topological polar surface area (TPSA) is 20.3 Å². The second kappa shape index (κ2) is 4.27. The molecule has 15 heavy (non-hydrogen) atoms. The van der Waals surface area contributed by atoms with Gasteiger partial charge in [-0.1, -0.05) is 12.1 Å². The molecular formula is C12H15NOS. The van der Waals surface area contributed by atoms with Gasteiger partial charge in [-0.05, 0) is 19.1 Å². The van der Waals surface area contributed by atoms with E-state index in [4.69, 9.17) is 0 Å². The van der Waals surface area contributed by atoms with Crippen LogP contribution in [0.1, 0.15) is 17.3 Å². The van der Waals surface area contributed by atoms with Gasteiger partial charge in [0, 0.05) is 35.8 Å². The first-order valence-corrected chi connectivity index (χ1v) is 6.26. The van der Waals surface area contributed by atoms with Crippen LogP contribution in [0.15, 0.2) is 24.3 Å². The zero-order valence-electron chi connectivity index (χ0n) is 9.06. The fraction of sp³-hybridized carbons (Fsp3) is 0.417. The molecule has 2 nitrogen and oxygen atoms in total. The number of para-hydroxylation sites is 1. The molecular weight excluding hydrogens is 206 g/mol. The predicted octanol–water partition coefficient (Wildman–Crippen LogP) is 2.44. The van der Waals surface area contributed by atoms with Crippen molar-refractivity contribution < 1.29 is 4.79 Å². The van der Waals surface area contributed by atoms with Gasteiger partial charge in [-0.3, -0.25) is 4.79 Å². The number of anilines is 1. The molecule has 1 saturated heterocycles. The van der Waals surface area contributed by atoms with Gasteiger partial charge in [-0.2, -0.15) is 11.8 Å². The van der Waals surface area contributed by atoms with E-state index in [1.807, 2.05) is 36.0 Å². The molecule has 0 saturated carbocycles. The second-order valence-electron chi connectivity index (χ2n) is 3.88. The number of hydrogen-bond acceptors (Lipinski definition) is 3. The minimum atomic E-state index is 0.143. The Morgan fingerprint density at radius 3 is 2.60 bits per heavy atom. The first kappa shape index (κ1) is 10.6. The molecule has 0 radical (unpaired) electrons. The lowest BCUT2D eigenvalue weighted by Gasteiger charge is -2.36. The Balaban J connectivity index is 2.29. The highest BCUT2D eigenvalue weighted by Gasteiger charge is 2.24. The monoisotopic (exact) mass is 221 g/mol. The Labute approximate surface area is 94.7 Å². The highest BCUT2D eigenvalue weighted by Crippen LogP contribution is 2.29. The average molecular weight is 221 g/mol. The molecule has 3 heteroatoms. The van der Waals surface area contributed by atoms with Crippen molar-refractivity contribution in [1.82, 2.24) is 0 Å². The summed E-state index contributed by atoms with van der Waals surface area (Å²) < 4.78 is 0. The third-order valence-electron chi connectivity index (χ3n) is 2.83. The van der Waals surface area contributed by atoms with Gasteiger partial charge in [0.2, 0.25) is 0 Å². The van der Waals surface area contributed by atoms with E-state index in [1.165, 1.54) is 11.5 Å². The van der Waals surface area contributed by atoms with Gasteiger partial charge in [0.1, 0.15) is 0 Å². The van der Waals surface area contributed by atoms with Crippen molar-refractivity contribution in [3.05, 3.63) is 29.8 Å². The van der Waals surface area contributed by atoms with Gasteiger partial charge >= 0.3 is 0 Å². The summed E-state index contributed by atoms with van der Waals surface area (Å²) in [6.07, 6.45) is 0. The fourth-order valence-electron chi connectivity index (χ4n) is 1.72. The van der Waals surface area contributed by atoms with Gasteiger partial charge in [0.15, 0.2) is 5.78 Å². The molecule has 1 aliphatic heterocycles. The van der Waals surface area contributed by atoms with Crippen LogP contribution in [0, 0.1) is 0 Å². The fourth-order valence-corrected chi connectivity index (χ4v) is 2.62. The Morgan fingerprint density at radius 1 is 1.40 bits per heavy atom. The van der Waals surface area contributed by atoms with Crippen LogP contribution in [-0.2, 0) is 0 Å². The van der Waals surface area contributed by atoms with E-state index in [0.717, 1.165) is 11.3 Å². The number of ketones is 1. The predicted molar refractivity (Wildman–Crippen MR) is 66.0 cm³/mol. The second-order valence-corrected chi connectivity index (χ2v) is 4.95. The highest BCUT2D eigenvalue weighted by molar-refractivity contribution is 8.00. The molecule has 0 aromatic heterocycles. The Bertz CT molecular complexity index is 374. The molecule has 1 aromatic carbocycles. The van der Waals surface area contributed by atoms with Crippen molar-refractivity contribution in [2.24, 2.45) is 0 Å². The number of carbonyl (C=O) groups excluding carboxylic acids is 1. The van der Waals surface area contributed by atoms with Gasteiger partial charge < -0.3 is 4.90 Å². The quantitative estimate of drug-likeness (QED) is 0.731. The van der Waals surface area contributed by atoms with Gasteiger partial charge in [-0.25, -0.2) is 0 Å². The average Bonchev–Trinajstić information content (AvgIpc) is 2.15. The minimum absolute atomic E-state index is 0.143. The molecule has 1 aliphatic rings. The maximum atomic E-state index is 11.5. The third kappa shape index (κ3) is 2.02. The summed E-state index contributed by atoms with van der Waals surface area (Å²) in [6, 6.07) is 8.43. The lowest BCUT2D eigenvalue weighted by molar-refractivity contribution is 0.101. The minimum Gasteiger partial charge on any atom is -0.369 e. The zero-order valence-corrected chi connectivity index (χ0v) is 9.88. The number of rotatable bonds is 3. The molecule has 1 fully saturated rings. The Morgan fingerprint density at radius 2 is 2.07 bits per heavy atom. The third-order valence-corrected chi connectivity index (χ3v) is 4.07. The largest absolute Gasteiger partial charge is 0.369 e. The van der Waals surface area contributed by atoms with E-state index in [0.29, 0.717) is 6.04 Å². The first-order valence-electron chi connectivity index (χ1n) is 5.10. The van der Waals surface area contributed by atoms with Crippen molar-refractivity contribution in [1.29, 1.82) is 0 Å². The van der Waals surface area contributed by atoms with E-state index in [2.05, 4.69) is 11.9 Å². The number of nitrogens with zero attached hydrogens (tertiary/aromatic N) is 1. The van der Waals surface area contributed by atoms with Crippen LogP contribution in [0.25, 0.3) is 0 Å². The molecule has 0 spiro atoms. The molecule has 0 bridgehead atoms. The molecule has 1 aromatic rings. The van der Waals surface area contributed by atoms with E-state index < -0.39 is 0 Å². The van der Waals surface area contributed by atoms with Crippen LogP contribution < -0.4 is 4.90 Å². The van der Waals surface area contributed by atoms with Crippen molar-refractivity contribution in [3.8, 4) is 0 Å². The summed E-state index contributed by atoms with van der Waals surface area (Å²) in [7, 11) is 2.08. The summed E-state index contributed by atoms with van der Waals surface area (Å²) >= 11 is 1.96. The summed E-state index contributed by atoms with van der Waals surface area (Å²) in [6.45, 7) is 1.63. The van der Waals surface area contributed by atoms with Crippen LogP contribution in [0.4, 0.5) is 5.69 Å². The molecule has 0 amide bonds. The van der Waals surface area contributed by atoms with Crippen LogP contribution >= 0.6 is 11.8 Å². The van der Waals surface area contributed by atoms with Crippen LogP contribution in [0.3, 0.4) is 0 Å². The SMILES string of the molecule is CC(=O)c1ccccc1N(C)C1CSC1. The maximum absolute atomic E-state index is 11.5. The first-order chi connectivity index (χ1) is 7.20. The summed E-state index contributed by atoms with van der Waals surface area (Å²) in [5, 5.41) is 0. The highest BCUT2D eigenvalue weighted by atomic mass is 32.2. The van der Waals surface area contributed by atoms with Gasteiger partial charge in [0.05, 0.1) is 0 Å². The standard InChI is InChI=1S/C12H15NOS/c1-9(14)11-5-3-4-6-12(11)13(2)10-7-15-8-10/h3-6,10H,7-8H2,1-2H3. The van der Waals surface area contributed by atoms with E-state index >= 15 is 0 Å². The molecule has 0 aliphatic carbocycles. The number of hydrogen-bond donors (Lipinski definition) is 0. The van der Waals surface area contributed by atoms with Crippen molar-refractivity contribution in [3.63, 3.8) is 0 Å². The number of carbonyl (C=O) groups is 1. The van der Waals surface area contributed by atoms with E-state index in [1.54, 1.807) is 6.92 Å². The number of benzene rings is 1. The smallest absolute Gasteiger partial charge is 0.161 e. The van der Waals surface area contributed by atoms with E-state index in [-0.39, 0.29) is 5.78 Å². The van der Waals surface area contributed by atoms with Crippen LogP contribution in [0.2, 0.25) is 0 Å². The molecule has 0 unspecified atom stereocenters. The molecule has 80 valence electrons. The van der Waals surface area contributed by atoms with Crippen molar-refractivity contribution in [2.45, 2.75) is 13.0 Å². The summed E-state index contributed by atoms with van der Waals surface area (Å²) in [5.74, 6) is 2.48. The summed E-state index contributed by atoms with van der Waals surface area (Å²) in [4.78, 5) is 13.7. The van der Waals surface area contributed by atoms with Gasteiger partial charge in [-0.15, -0.1) is 0 Å². The van der Waals surface area contributed by atoms with Crippen LogP contribution in [-0.4, -0.2) is 30.4 Å². The molecule has 0 N–H and O–H groups in total. The molecule has 1 heterocycles. The van der Waals surface area contributed by atoms with Crippen LogP contribution in [0.5, 0.6) is 0 Å². The van der Waals surface area contributed by atoms with Crippen molar-refractivity contribution in [2.75, 3.05) is 23.5 Å². The lowest BCUT2D eigenvalue weighted by atomic mass is 10.1. The summed E-state index contributed by atoms with van der Waals surface area (Å²) in [5.41, 5.74) is 1.90. The number of Topliss-reactive ketones (excluding diaryl/α,β-unsaturated/α-hetero) is 1. The van der Waals surface area contributed by atoms with Gasteiger partial charge in [0.25, 0.3) is 0 Å².